The number of nitrogens with one attached hydrogen (secondary N) is 7. The predicted octanol–water partition coefficient (Wildman–Crippen LogP) is 1.92. The minimum atomic E-state index is -1.34. The second kappa shape index (κ2) is 23.8. The molecule has 0 unspecified atom stereocenters. The number of urea groups is 1. The van der Waals surface area contributed by atoms with Crippen molar-refractivity contribution in [1.29, 1.82) is 0 Å². The Bertz CT molecular complexity index is 2080. The summed E-state index contributed by atoms with van der Waals surface area (Å²) in [6.07, 6.45) is 8.59. The lowest BCUT2D eigenvalue weighted by molar-refractivity contribution is -0.141. The summed E-state index contributed by atoms with van der Waals surface area (Å²) in [6.45, 7) is 11.4. The molecule has 1 aromatic heterocycles. The molecule has 67 heavy (non-hydrogen) atoms. The van der Waals surface area contributed by atoms with Crippen LogP contribution in [0.1, 0.15) is 104 Å². The van der Waals surface area contributed by atoms with Crippen LogP contribution in [0.5, 0.6) is 0 Å². The maximum atomic E-state index is 14.5. The average molecular weight is 932 g/mol. The first-order valence-corrected chi connectivity index (χ1v) is 22.9. The molecule has 2 heterocycles. The van der Waals surface area contributed by atoms with Crippen LogP contribution >= 0.6 is 0 Å². The van der Waals surface area contributed by atoms with Crippen LogP contribution in [-0.2, 0) is 33.6 Å². The van der Waals surface area contributed by atoms with E-state index in [4.69, 9.17) is 0 Å². The van der Waals surface area contributed by atoms with E-state index in [0.717, 1.165) is 19.3 Å². The van der Waals surface area contributed by atoms with E-state index in [1.807, 2.05) is 0 Å². The SMILES string of the molecule is CCC[C@H](NC(=O)[C@@H]1CN(C(=O)Nc2ccccc2)C[C@@H]1NC(=O)[C@@H](NC(=O)[C@@H](NC(=O)c1cnccn1)C1CCCCC1)C(C)(C)C)C(=O)C(=O)NCC(=O)N[C@H](C(=O)N(C)C)C(C)(C)C. The molecule has 2 aliphatic rings. The summed E-state index contributed by atoms with van der Waals surface area (Å²) in [5.74, 6) is -7.10. The molecule has 1 aliphatic heterocycles. The van der Waals surface area contributed by atoms with Gasteiger partial charge in [-0.1, -0.05) is 92.3 Å². The largest absolute Gasteiger partial charge is 0.349 e. The van der Waals surface area contributed by atoms with Crippen molar-refractivity contribution in [2.45, 2.75) is 124 Å². The van der Waals surface area contributed by atoms with E-state index < -0.39 is 101 Å². The minimum absolute atomic E-state index is 0.0303. The number of anilines is 1. The van der Waals surface area contributed by atoms with Crippen molar-refractivity contribution < 1.29 is 43.2 Å². The number of aromatic nitrogens is 2. The van der Waals surface area contributed by atoms with E-state index in [0.29, 0.717) is 24.9 Å². The number of amides is 9. The lowest BCUT2D eigenvalue weighted by Crippen LogP contribution is -2.61. The Morgan fingerprint density at radius 1 is 0.791 bits per heavy atom. The van der Waals surface area contributed by atoms with Gasteiger partial charge in [-0.2, -0.15) is 0 Å². The molecule has 0 radical (unpaired) electrons. The van der Waals surface area contributed by atoms with Gasteiger partial charge in [-0.3, -0.25) is 43.3 Å². The van der Waals surface area contributed by atoms with Gasteiger partial charge in [-0.05, 0) is 48.1 Å². The van der Waals surface area contributed by atoms with Crippen molar-refractivity contribution in [3.8, 4) is 0 Å². The quantitative estimate of drug-likeness (QED) is 0.106. The summed E-state index contributed by atoms with van der Waals surface area (Å²) in [5, 5.41) is 19.0. The monoisotopic (exact) mass is 932 g/mol. The number of benzene rings is 1. The first-order valence-electron chi connectivity index (χ1n) is 22.9. The van der Waals surface area contributed by atoms with Gasteiger partial charge in [-0.25, -0.2) is 9.78 Å². The zero-order valence-electron chi connectivity index (χ0n) is 40.2. The van der Waals surface area contributed by atoms with E-state index in [9.17, 15) is 43.2 Å². The van der Waals surface area contributed by atoms with Gasteiger partial charge in [0.2, 0.25) is 35.3 Å². The number of rotatable bonds is 18. The second-order valence-corrected chi connectivity index (χ2v) is 19.7. The number of likely N-dealkylation sites (tertiary alicyclic amines) is 1. The van der Waals surface area contributed by atoms with Crippen LogP contribution in [0.25, 0.3) is 0 Å². The summed E-state index contributed by atoms with van der Waals surface area (Å²) in [6, 6.07) is 2.60. The Labute approximate surface area is 392 Å². The molecule has 20 nitrogen and oxygen atoms in total. The van der Waals surface area contributed by atoms with Gasteiger partial charge >= 0.3 is 6.03 Å². The first kappa shape index (κ1) is 53.1. The van der Waals surface area contributed by atoms with Gasteiger partial charge in [0.05, 0.1) is 30.7 Å². The molecule has 0 spiro atoms. The fourth-order valence-electron chi connectivity index (χ4n) is 8.14. The summed E-state index contributed by atoms with van der Waals surface area (Å²) in [5.41, 5.74) is -1.05. The Kier molecular flexibility index (Phi) is 18.9. The number of ketones is 1. The van der Waals surface area contributed by atoms with Crippen molar-refractivity contribution in [3.05, 3.63) is 54.6 Å². The van der Waals surface area contributed by atoms with Crippen molar-refractivity contribution in [2.24, 2.45) is 22.7 Å². The molecule has 7 N–H and O–H groups in total. The highest BCUT2D eigenvalue weighted by molar-refractivity contribution is 6.38. The molecule has 2 aromatic rings. The van der Waals surface area contributed by atoms with Gasteiger partial charge in [0.25, 0.3) is 11.8 Å². The number of hydrogen-bond donors (Lipinski definition) is 7. The zero-order chi connectivity index (χ0) is 49.6. The average Bonchev–Trinajstić information content (AvgIpc) is 3.71. The third kappa shape index (κ3) is 15.3. The van der Waals surface area contributed by atoms with E-state index in [2.05, 4.69) is 47.2 Å². The van der Waals surface area contributed by atoms with Crippen molar-refractivity contribution in [3.63, 3.8) is 0 Å². The summed E-state index contributed by atoms with van der Waals surface area (Å²) in [4.78, 5) is 133. The van der Waals surface area contributed by atoms with E-state index >= 15 is 0 Å². The van der Waals surface area contributed by atoms with Crippen LogP contribution in [0, 0.1) is 22.7 Å². The maximum absolute atomic E-state index is 14.5. The topological polar surface area (TPSA) is 270 Å². The molecular formula is C47H69N11O9. The second-order valence-electron chi connectivity index (χ2n) is 19.7. The molecule has 20 heteroatoms. The van der Waals surface area contributed by atoms with Gasteiger partial charge in [0, 0.05) is 45.3 Å². The number of para-hydroxylation sites is 1. The van der Waals surface area contributed by atoms with Crippen LogP contribution in [0.4, 0.5) is 10.5 Å². The third-order valence-electron chi connectivity index (χ3n) is 11.9. The Morgan fingerprint density at radius 3 is 2.03 bits per heavy atom. The number of Topliss-reactive ketones (excluding diaryl/α,β-unsaturated/α-hetero) is 1. The fraction of sp³-hybridized carbons (Fsp3) is 0.596. The summed E-state index contributed by atoms with van der Waals surface area (Å²) >= 11 is 0. The molecule has 4 rings (SSSR count). The van der Waals surface area contributed by atoms with Gasteiger partial charge in [-0.15, -0.1) is 0 Å². The van der Waals surface area contributed by atoms with Gasteiger partial charge in [0.15, 0.2) is 0 Å². The first-order chi connectivity index (χ1) is 31.5. The van der Waals surface area contributed by atoms with Gasteiger partial charge in [0.1, 0.15) is 23.8 Å². The van der Waals surface area contributed by atoms with E-state index in [1.54, 1.807) is 92.9 Å². The van der Waals surface area contributed by atoms with Crippen LogP contribution in [0.3, 0.4) is 0 Å². The number of nitrogens with zero attached hydrogens (tertiary/aromatic N) is 4. The fourth-order valence-corrected chi connectivity index (χ4v) is 8.14. The zero-order valence-corrected chi connectivity index (χ0v) is 40.2. The molecule has 1 aromatic carbocycles. The normalized spacial score (nSPS) is 18.2. The molecule has 9 amide bonds. The van der Waals surface area contributed by atoms with Crippen molar-refractivity contribution in [1.82, 2.24) is 51.7 Å². The van der Waals surface area contributed by atoms with Crippen molar-refractivity contribution >= 4 is 58.9 Å². The summed E-state index contributed by atoms with van der Waals surface area (Å²) < 4.78 is 0. The lowest BCUT2D eigenvalue weighted by Gasteiger charge is -2.35. The molecule has 366 valence electrons. The predicted molar refractivity (Wildman–Crippen MR) is 249 cm³/mol. The number of hydrogen-bond acceptors (Lipinski definition) is 11. The Morgan fingerprint density at radius 2 is 1.45 bits per heavy atom. The van der Waals surface area contributed by atoms with Gasteiger partial charge < -0.3 is 47.0 Å². The molecular weight excluding hydrogens is 863 g/mol. The van der Waals surface area contributed by atoms with Crippen LogP contribution in [-0.4, -0.2) is 137 Å². The smallest absolute Gasteiger partial charge is 0.321 e. The lowest BCUT2D eigenvalue weighted by atomic mass is 9.82. The van der Waals surface area contributed by atoms with Crippen molar-refractivity contribution in [2.75, 3.05) is 39.0 Å². The summed E-state index contributed by atoms with van der Waals surface area (Å²) in [7, 11) is 3.11. The highest BCUT2D eigenvalue weighted by Crippen LogP contribution is 2.29. The minimum Gasteiger partial charge on any atom is -0.349 e. The van der Waals surface area contributed by atoms with Crippen LogP contribution < -0.4 is 37.2 Å². The van der Waals surface area contributed by atoms with Crippen LogP contribution in [0.2, 0.25) is 0 Å². The maximum Gasteiger partial charge on any atom is 0.321 e. The molecule has 0 bridgehead atoms. The molecule has 1 saturated carbocycles. The highest BCUT2D eigenvalue weighted by atomic mass is 16.2. The Hall–Kier alpha value is -6.47. The van der Waals surface area contributed by atoms with E-state index in [-0.39, 0.29) is 37.0 Å². The molecule has 2 fully saturated rings. The third-order valence-corrected chi connectivity index (χ3v) is 11.9. The number of carbonyl (C=O) groups is 9. The number of carbonyl (C=O) groups excluding carboxylic acids is 9. The molecule has 6 atom stereocenters. The highest BCUT2D eigenvalue weighted by Gasteiger charge is 2.45. The van der Waals surface area contributed by atoms with E-state index in [1.165, 1.54) is 28.4 Å². The standard InChI is InChI=1S/C47H69N11O9/c1-10-17-31(36(60)42(64)50-25-34(59)54-38(47(5,6)7)44(66)57(8)9)52-39(61)30-26-58(45(67)51-29-20-15-12-16-21-29)27-33(30)53-43(65)37(46(2,3)4)56-41(63)35(28-18-13-11-14-19-28)55-40(62)32-24-48-22-23-49-32/h12,15-16,20-24,28,30-31,33,35,37-38H,10-11,13-14,17-19,25-27H2,1-9H3,(H,50,64)(H,51,67)(H,52,61)(H,53,65)(H,54,59)(H,55,62)(H,56,63)/t30-,31+,33+,35+,37-,38-/m1/s1. The number of likely N-dealkylation sites (N-methyl/N-ethyl adjacent to an activating group) is 1. The molecule has 1 aliphatic carbocycles. The Balaban J connectivity index is 1.54. The molecule has 1 saturated heterocycles. The van der Waals surface area contributed by atoms with Crippen LogP contribution in [0.15, 0.2) is 48.9 Å².